The van der Waals surface area contributed by atoms with Gasteiger partial charge in [-0.05, 0) is 38.3 Å². The summed E-state index contributed by atoms with van der Waals surface area (Å²) in [5.41, 5.74) is 0. The van der Waals surface area contributed by atoms with Gasteiger partial charge in [-0.2, -0.15) is 0 Å². The van der Waals surface area contributed by atoms with Crippen molar-refractivity contribution in [1.82, 2.24) is 9.80 Å². The number of nitrogens with zero attached hydrogens (tertiary/aromatic N) is 2. The first-order valence-electron chi connectivity index (χ1n) is 7.28. The fourth-order valence-electron chi connectivity index (χ4n) is 2.55. The van der Waals surface area contributed by atoms with Gasteiger partial charge in [-0.1, -0.05) is 0 Å². The second-order valence-electron chi connectivity index (χ2n) is 5.53. The summed E-state index contributed by atoms with van der Waals surface area (Å²) in [4.78, 5) is 28.0. The molecule has 2 heterocycles. The lowest BCUT2D eigenvalue weighted by Gasteiger charge is -2.27. The molecule has 21 heavy (non-hydrogen) atoms. The van der Waals surface area contributed by atoms with Crippen molar-refractivity contribution in [3.05, 3.63) is 24.2 Å². The van der Waals surface area contributed by atoms with Crippen LogP contribution >= 0.6 is 0 Å². The molecule has 0 aromatic carbocycles. The Hall–Kier alpha value is -1.82. The van der Waals surface area contributed by atoms with Gasteiger partial charge in [0.25, 0.3) is 5.91 Å². The van der Waals surface area contributed by atoms with E-state index in [1.54, 1.807) is 35.9 Å². The number of carbonyl (C=O) groups is 2. The van der Waals surface area contributed by atoms with Crippen LogP contribution in [0.2, 0.25) is 0 Å². The number of amides is 2. The highest BCUT2D eigenvalue weighted by Gasteiger charge is 2.36. The molecule has 1 N–H and O–H groups in total. The Kier molecular flexibility index (Phi) is 5.01. The summed E-state index contributed by atoms with van der Waals surface area (Å²) in [5, 5.41) is 9.30. The number of aliphatic hydroxyl groups excluding tert-OH is 1. The monoisotopic (exact) mass is 294 g/mol. The number of rotatable bonds is 5. The number of likely N-dealkylation sites (N-methyl/N-ethyl adjacent to an activating group) is 1. The van der Waals surface area contributed by atoms with Gasteiger partial charge >= 0.3 is 0 Å². The Morgan fingerprint density at radius 1 is 1.57 bits per heavy atom. The molecule has 0 saturated carbocycles. The summed E-state index contributed by atoms with van der Waals surface area (Å²) in [6.07, 6.45) is 3.03. The van der Waals surface area contributed by atoms with Crippen LogP contribution < -0.4 is 0 Å². The molecule has 0 spiro atoms. The first kappa shape index (κ1) is 15.6. The molecule has 1 fully saturated rings. The maximum Gasteiger partial charge on any atom is 0.290 e. The molecular weight excluding hydrogens is 272 g/mol. The number of furan rings is 1. The summed E-state index contributed by atoms with van der Waals surface area (Å²) in [6, 6.07) is 2.84. The van der Waals surface area contributed by atoms with Gasteiger partial charge < -0.3 is 19.3 Å². The van der Waals surface area contributed by atoms with Crippen LogP contribution in [-0.2, 0) is 4.79 Å². The van der Waals surface area contributed by atoms with Crippen molar-refractivity contribution in [2.75, 3.05) is 20.1 Å². The van der Waals surface area contributed by atoms with Gasteiger partial charge in [-0.15, -0.1) is 0 Å². The van der Waals surface area contributed by atoms with E-state index in [4.69, 9.17) is 4.42 Å². The Morgan fingerprint density at radius 3 is 2.95 bits per heavy atom. The smallest absolute Gasteiger partial charge is 0.290 e. The number of carbonyl (C=O) groups excluding carboxylic acids is 2. The third-order valence-corrected chi connectivity index (χ3v) is 3.79. The van der Waals surface area contributed by atoms with Crippen molar-refractivity contribution < 1.29 is 19.1 Å². The third kappa shape index (κ3) is 3.64. The molecule has 1 aliphatic heterocycles. The second kappa shape index (κ2) is 6.76. The maximum atomic E-state index is 12.5. The van der Waals surface area contributed by atoms with E-state index >= 15 is 0 Å². The number of hydrogen-bond donors (Lipinski definition) is 1. The molecule has 1 aromatic rings. The Balaban J connectivity index is 2.01. The average Bonchev–Trinajstić information content (AvgIpc) is 3.13. The van der Waals surface area contributed by atoms with Crippen LogP contribution in [0.3, 0.4) is 0 Å². The minimum atomic E-state index is -0.440. The predicted molar refractivity (Wildman–Crippen MR) is 76.7 cm³/mol. The van der Waals surface area contributed by atoms with Crippen molar-refractivity contribution in [3.8, 4) is 0 Å². The van der Waals surface area contributed by atoms with Crippen LogP contribution in [-0.4, -0.2) is 59.0 Å². The van der Waals surface area contributed by atoms with E-state index < -0.39 is 12.1 Å². The molecule has 2 unspecified atom stereocenters. The number of hydrogen-bond acceptors (Lipinski definition) is 4. The molecule has 6 heteroatoms. The van der Waals surface area contributed by atoms with E-state index in [2.05, 4.69) is 0 Å². The zero-order valence-electron chi connectivity index (χ0n) is 12.5. The molecule has 1 saturated heterocycles. The van der Waals surface area contributed by atoms with Crippen LogP contribution in [0.1, 0.15) is 36.7 Å². The van der Waals surface area contributed by atoms with Crippen LogP contribution in [0.4, 0.5) is 0 Å². The van der Waals surface area contributed by atoms with Gasteiger partial charge in [0.1, 0.15) is 6.04 Å². The summed E-state index contributed by atoms with van der Waals surface area (Å²) in [6.45, 7) is 2.75. The van der Waals surface area contributed by atoms with Crippen molar-refractivity contribution in [1.29, 1.82) is 0 Å². The van der Waals surface area contributed by atoms with Crippen LogP contribution in [0.15, 0.2) is 22.8 Å². The Labute approximate surface area is 124 Å². The van der Waals surface area contributed by atoms with Crippen LogP contribution in [0.5, 0.6) is 0 Å². The molecule has 0 aliphatic carbocycles. The molecule has 2 atom stereocenters. The first-order chi connectivity index (χ1) is 10.0. The number of aliphatic hydroxyl groups is 1. The zero-order chi connectivity index (χ0) is 15.4. The van der Waals surface area contributed by atoms with Gasteiger partial charge in [0.05, 0.1) is 12.4 Å². The molecular formula is C15H22N2O4. The fourth-order valence-corrected chi connectivity index (χ4v) is 2.55. The quantitative estimate of drug-likeness (QED) is 0.883. The SMILES string of the molecule is CC(O)CCN(C)C(=O)C1CCCN1C(=O)c1ccco1. The van der Waals surface area contributed by atoms with E-state index in [9.17, 15) is 14.7 Å². The van der Waals surface area contributed by atoms with Gasteiger partial charge in [-0.25, -0.2) is 0 Å². The zero-order valence-corrected chi connectivity index (χ0v) is 12.5. The molecule has 1 aliphatic rings. The maximum absolute atomic E-state index is 12.5. The van der Waals surface area contributed by atoms with Gasteiger partial charge in [0, 0.05) is 20.1 Å². The van der Waals surface area contributed by atoms with E-state index in [0.717, 1.165) is 6.42 Å². The van der Waals surface area contributed by atoms with Crippen molar-refractivity contribution in [2.45, 2.75) is 38.3 Å². The summed E-state index contributed by atoms with van der Waals surface area (Å²) in [7, 11) is 1.71. The summed E-state index contributed by atoms with van der Waals surface area (Å²) >= 11 is 0. The van der Waals surface area contributed by atoms with Gasteiger partial charge in [0.15, 0.2) is 5.76 Å². The van der Waals surface area contributed by atoms with Crippen molar-refractivity contribution in [3.63, 3.8) is 0 Å². The highest BCUT2D eigenvalue weighted by molar-refractivity contribution is 5.95. The van der Waals surface area contributed by atoms with E-state index in [1.807, 2.05) is 0 Å². The van der Waals surface area contributed by atoms with Crippen LogP contribution in [0, 0.1) is 0 Å². The van der Waals surface area contributed by atoms with Crippen molar-refractivity contribution in [2.24, 2.45) is 0 Å². The van der Waals surface area contributed by atoms with Gasteiger partial charge in [-0.3, -0.25) is 9.59 Å². The lowest BCUT2D eigenvalue weighted by molar-refractivity contribution is -0.134. The molecule has 0 radical (unpaired) electrons. The highest BCUT2D eigenvalue weighted by atomic mass is 16.3. The number of likely N-dealkylation sites (tertiary alicyclic amines) is 1. The Morgan fingerprint density at radius 2 is 2.33 bits per heavy atom. The lowest BCUT2D eigenvalue weighted by Crippen LogP contribution is -2.47. The molecule has 116 valence electrons. The van der Waals surface area contributed by atoms with Crippen molar-refractivity contribution >= 4 is 11.8 Å². The minimum absolute atomic E-state index is 0.0759. The average molecular weight is 294 g/mol. The van der Waals surface area contributed by atoms with E-state index in [0.29, 0.717) is 25.9 Å². The first-order valence-corrected chi connectivity index (χ1v) is 7.28. The fraction of sp³-hybridized carbons (Fsp3) is 0.600. The standard InChI is InChI=1S/C15H22N2O4/c1-11(18)7-9-16(2)14(19)12-5-3-8-17(12)15(20)13-6-4-10-21-13/h4,6,10-12,18H,3,5,7-9H2,1-2H3. The highest BCUT2D eigenvalue weighted by Crippen LogP contribution is 2.22. The third-order valence-electron chi connectivity index (χ3n) is 3.79. The lowest BCUT2D eigenvalue weighted by atomic mass is 10.1. The van der Waals surface area contributed by atoms with E-state index in [1.165, 1.54) is 6.26 Å². The van der Waals surface area contributed by atoms with Crippen LogP contribution in [0.25, 0.3) is 0 Å². The molecule has 2 rings (SSSR count). The molecule has 2 amide bonds. The molecule has 6 nitrogen and oxygen atoms in total. The van der Waals surface area contributed by atoms with E-state index in [-0.39, 0.29) is 17.6 Å². The summed E-state index contributed by atoms with van der Waals surface area (Å²) in [5.74, 6) is -0.0471. The topological polar surface area (TPSA) is 74.0 Å². The minimum Gasteiger partial charge on any atom is -0.459 e. The van der Waals surface area contributed by atoms with Gasteiger partial charge in [0.2, 0.25) is 5.91 Å². The predicted octanol–water partition coefficient (Wildman–Crippen LogP) is 1.11. The second-order valence-corrected chi connectivity index (χ2v) is 5.53. The summed E-state index contributed by atoms with van der Waals surface area (Å²) < 4.78 is 5.13. The molecule has 1 aromatic heterocycles. The Bertz CT molecular complexity index is 484. The normalized spacial score (nSPS) is 19.6. The molecule has 0 bridgehead atoms. The largest absolute Gasteiger partial charge is 0.459 e.